The third-order valence-corrected chi connectivity index (χ3v) is 4.94. The smallest absolute Gasteiger partial charge is 0.119 e. The van der Waals surface area contributed by atoms with Gasteiger partial charge in [-0.3, -0.25) is 0 Å². The molecule has 2 aromatic rings. The van der Waals surface area contributed by atoms with Crippen LogP contribution in [0.5, 0.6) is 5.75 Å². The molecule has 0 aliphatic carbocycles. The highest BCUT2D eigenvalue weighted by Crippen LogP contribution is 2.23. The van der Waals surface area contributed by atoms with E-state index >= 15 is 0 Å². The summed E-state index contributed by atoms with van der Waals surface area (Å²) in [6.07, 6.45) is 10.7. The molecule has 0 spiro atoms. The Labute approximate surface area is 149 Å². The molecule has 0 bridgehead atoms. The molecular formula is C21H29BrO. The molecule has 0 aliphatic rings. The van der Waals surface area contributed by atoms with Crippen LogP contribution in [-0.2, 0) is 5.33 Å². The Morgan fingerprint density at radius 1 is 0.783 bits per heavy atom. The van der Waals surface area contributed by atoms with Crippen LogP contribution in [0.3, 0.4) is 0 Å². The standard InChI is InChI=1S/C21H29BrO/c1-2-3-4-5-6-7-8-9-14-23-21-13-12-19-15-18(17-22)10-11-20(19)16-21/h10-13,15-16H,2-9,14,17H2,1H3. The van der Waals surface area contributed by atoms with Crippen LogP contribution >= 0.6 is 15.9 Å². The number of hydrogen-bond acceptors (Lipinski definition) is 1. The third-order valence-electron chi connectivity index (χ3n) is 4.30. The van der Waals surface area contributed by atoms with Crippen LogP contribution in [0, 0.1) is 0 Å². The number of ether oxygens (including phenoxy) is 1. The molecule has 0 heterocycles. The van der Waals surface area contributed by atoms with E-state index in [1.165, 1.54) is 61.3 Å². The Balaban J connectivity index is 1.67. The van der Waals surface area contributed by atoms with Crippen molar-refractivity contribution in [2.24, 2.45) is 0 Å². The van der Waals surface area contributed by atoms with E-state index in [1.807, 2.05) is 0 Å². The quantitative estimate of drug-likeness (QED) is 0.296. The summed E-state index contributed by atoms with van der Waals surface area (Å²) >= 11 is 3.51. The summed E-state index contributed by atoms with van der Waals surface area (Å²) in [4.78, 5) is 0. The predicted molar refractivity (Wildman–Crippen MR) is 105 cm³/mol. The van der Waals surface area contributed by atoms with Gasteiger partial charge in [-0.1, -0.05) is 92.1 Å². The SMILES string of the molecule is CCCCCCCCCCOc1ccc2cc(CBr)ccc2c1. The van der Waals surface area contributed by atoms with E-state index in [-0.39, 0.29) is 0 Å². The Bertz CT molecular complexity index is 579. The molecule has 0 radical (unpaired) electrons. The first kappa shape index (κ1) is 18.3. The lowest BCUT2D eigenvalue weighted by molar-refractivity contribution is 0.304. The molecule has 2 aromatic carbocycles. The van der Waals surface area contributed by atoms with Crippen molar-refractivity contribution in [1.82, 2.24) is 0 Å². The summed E-state index contributed by atoms with van der Waals surface area (Å²) in [5.74, 6) is 0.993. The third kappa shape index (κ3) is 6.55. The number of benzene rings is 2. The van der Waals surface area contributed by atoms with Gasteiger partial charge < -0.3 is 4.74 Å². The largest absolute Gasteiger partial charge is 0.494 e. The fraction of sp³-hybridized carbons (Fsp3) is 0.524. The number of hydrogen-bond donors (Lipinski definition) is 0. The molecule has 0 amide bonds. The van der Waals surface area contributed by atoms with E-state index < -0.39 is 0 Å². The average Bonchev–Trinajstić information content (AvgIpc) is 2.59. The van der Waals surface area contributed by atoms with Crippen molar-refractivity contribution in [2.45, 2.75) is 63.6 Å². The summed E-state index contributed by atoms with van der Waals surface area (Å²) in [6.45, 7) is 3.10. The van der Waals surface area contributed by atoms with Crippen molar-refractivity contribution in [2.75, 3.05) is 6.61 Å². The number of unbranched alkanes of at least 4 members (excludes halogenated alkanes) is 7. The second kappa shape index (κ2) is 10.7. The maximum atomic E-state index is 5.91. The lowest BCUT2D eigenvalue weighted by Gasteiger charge is -2.08. The van der Waals surface area contributed by atoms with Crippen LogP contribution in [0.1, 0.15) is 63.9 Å². The second-order valence-corrected chi connectivity index (χ2v) is 6.86. The molecule has 2 rings (SSSR count). The van der Waals surface area contributed by atoms with Crippen molar-refractivity contribution in [1.29, 1.82) is 0 Å². The van der Waals surface area contributed by atoms with E-state index in [1.54, 1.807) is 0 Å². The first-order valence-corrected chi connectivity index (χ1v) is 10.2. The van der Waals surface area contributed by atoms with Gasteiger partial charge in [-0.15, -0.1) is 0 Å². The van der Waals surface area contributed by atoms with Crippen LogP contribution in [0.2, 0.25) is 0 Å². The normalized spacial score (nSPS) is 11.0. The van der Waals surface area contributed by atoms with Gasteiger partial charge in [0.2, 0.25) is 0 Å². The Morgan fingerprint density at radius 3 is 2.17 bits per heavy atom. The first-order chi connectivity index (χ1) is 11.3. The van der Waals surface area contributed by atoms with Crippen LogP contribution in [0.4, 0.5) is 0 Å². The van der Waals surface area contributed by atoms with Crippen LogP contribution in [0.25, 0.3) is 10.8 Å². The molecule has 0 saturated carbocycles. The lowest BCUT2D eigenvalue weighted by atomic mass is 10.1. The molecule has 0 unspecified atom stereocenters. The van der Waals surface area contributed by atoms with Crippen LogP contribution in [0.15, 0.2) is 36.4 Å². The van der Waals surface area contributed by atoms with Crippen molar-refractivity contribution < 1.29 is 4.74 Å². The molecule has 1 nitrogen and oxygen atoms in total. The number of halogens is 1. The molecule has 0 atom stereocenters. The molecule has 0 fully saturated rings. The maximum Gasteiger partial charge on any atom is 0.119 e. The zero-order valence-electron chi connectivity index (χ0n) is 14.3. The second-order valence-electron chi connectivity index (χ2n) is 6.30. The minimum Gasteiger partial charge on any atom is -0.494 e. The molecular weight excluding hydrogens is 348 g/mol. The molecule has 23 heavy (non-hydrogen) atoms. The van der Waals surface area contributed by atoms with Gasteiger partial charge >= 0.3 is 0 Å². The minimum absolute atomic E-state index is 0.833. The van der Waals surface area contributed by atoms with E-state index in [0.29, 0.717) is 0 Å². The molecule has 0 N–H and O–H groups in total. The highest BCUT2D eigenvalue weighted by molar-refractivity contribution is 9.08. The van der Waals surface area contributed by atoms with Crippen molar-refractivity contribution in [3.8, 4) is 5.75 Å². The van der Waals surface area contributed by atoms with Crippen molar-refractivity contribution in [3.05, 3.63) is 42.0 Å². The summed E-state index contributed by atoms with van der Waals surface area (Å²) in [6, 6.07) is 13.0. The van der Waals surface area contributed by atoms with E-state index in [4.69, 9.17) is 4.74 Å². The Kier molecular flexibility index (Phi) is 8.52. The Morgan fingerprint density at radius 2 is 1.43 bits per heavy atom. The van der Waals surface area contributed by atoms with Crippen molar-refractivity contribution >= 4 is 26.7 Å². The summed E-state index contributed by atoms with van der Waals surface area (Å²) in [5.41, 5.74) is 1.31. The van der Waals surface area contributed by atoms with Crippen LogP contribution in [-0.4, -0.2) is 6.61 Å². The summed E-state index contributed by atoms with van der Waals surface area (Å²) in [5, 5.41) is 3.43. The number of rotatable bonds is 11. The van der Waals surface area contributed by atoms with Gasteiger partial charge in [-0.2, -0.15) is 0 Å². The fourth-order valence-electron chi connectivity index (χ4n) is 2.87. The topological polar surface area (TPSA) is 9.23 Å². The zero-order chi connectivity index (χ0) is 16.3. The van der Waals surface area contributed by atoms with Gasteiger partial charge in [0.15, 0.2) is 0 Å². The molecule has 0 aliphatic heterocycles. The number of fused-ring (bicyclic) bond motifs is 1. The lowest BCUT2D eigenvalue weighted by Crippen LogP contribution is -1.97. The van der Waals surface area contributed by atoms with Gasteiger partial charge in [0.1, 0.15) is 5.75 Å². The summed E-state index contributed by atoms with van der Waals surface area (Å²) < 4.78 is 5.91. The summed E-state index contributed by atoms with van der Waals surface area (Å²) in [7, 11) is 0. The molecule has 0 aromatic heterocycles. The monoisotopic (exact) mass is 376 g/mol. The van der Waals surface area contributed by atoms with E-state index in [2.05, 4.69) is 59.3 Å². The minimum atomic E-state index is 0.833. The van der Waals surface area contributed by atoms with Gasteiger partial charge in [0.05, 0.1) is 6.61 Å². The van der Waals surface area contributed by atoms with Crippen LogP contribution < -0.4 is 4.74 Å². The first-order valence-electron chi connectivity index (χ1n) is 9.05. The molecule has 0 saturated heterocycles. The Hall–Kier alpha value is -1.02. The van der Waals surface area contributed by atoms with Gasteiger partial charge in [-0.05, 0) is 34.9 Å². The van der Waals surface area contributed by atoms with E-state index in [9.17, 15) is 0 Å². The fourth-order valence-corrected chi connectivity index (χ4v) is 3.22. The number of alkyl halides is 1. The van der Waals surface area contributed by atoms with Crippen molar-refractivity contribution in [3.63, 3.8) is 0 Å². The zero-order valence-corrected chi connectivity index (χ0v) is 15.9. The van der Waals surface area contributed by atoms with Gasteiger partial charge in [0, 0.05) is 5.33 Å². The molecule has 2 heteroatoms. The van der Waals surface area contributed by atoms with Gasteiger partial charge in [-0.25, -0.2) is 0 Å². The highest BCUT2D eigenvalue weighted by atomic mass is 79.9. The molecule has 126 valence electrons. The highest BCUT2D eigenvalue weighted by Gasteiger charge is 1.99. The maximum absolute atomic E-state index is 5.91. The van der Waals surface area contributed by atoms with E-state index in [0.717, 1.165) is 24.1 Å². The predicted octanol–water partition coefficient (Wildman–Crippen LogP) is 7.25. The average molecular weight is 377 g/mol. The van der Waals surface area contributed by atoms with Gasteiger partial charge in [0.25, 0.3) is 0 Å².